The average Bonchev–Trinajstić information content (AvgIpc) is 3.11. The summed E-state index contributed by atoms with van der Waals surface area (Å²) in [5.41, 5.74) is 4.28. The van der Waals surface area contributed by atoms with Gasteiger partial charge >= 0.3 is 0 Å². The van der Waals surface area contributed by atoms with Crippen molar-refractivity contribution in [2.45, 2.75) is 26.9 Å². The molecule has 0 saturated heterocycles. The molecule has 21 heavy (non-hydrogen) atoms. The van der Waals surface area contributed by atoms with Crippen molar-refractivity contribution in [3.8, 4) is 11.5 Å². The van der Waals surface area contributed by atoms with E-state index in [9.17, 15) is 0 Å². The molecule has 0 radical (unpaired) electrons. The standard InChI is InChI=1S/C15H19N5O/c1-10-4-5-14(21-10)15-12(8-17-18-15)6-16-7-13-9-20(3)19-11(13)2/h4-5,8-9,16H,6-7H2,1-3H3,(H,17,18). The molecule has 6 nitrogen and oxygen atoms in total. The topological polar surface area (TPSA) is 71.7 Å². The van der Waals surface area contributed by atoms with Crippen LogP contribution >= 0.6 is 0 Å². The maximum Gasteiger partial charge on any atom is 0.152 e. The van der Waals surface area contributed by atoms with Gasteiger partial charge in [0.05, 0.1) is 11.9 Å². The number of hydrogen-bond donors (Lipinski definition) is 2. The molecule has 110 valence electrons. The summed E-state index contributed by atoms with van der Waals surface area (Å²) in [4.78, 5) is 0. The molecule has 6 heteroatoms. The third-order valence-electron chi connectivity index (χ3n) is 3.45. The van der Waals surface area contributed by atoms with Crippen molar-refractivity contribution in [2.24, 2.45) is 7.05 Å². The molecule has 0 spiro atoms. The van der Waals surface area contributed by atoms with E-state index in [1.54, 1.807) is 0 Å². The minimum Gasteiger partial charge on any atom is -0.460 e. The fourth-order valence-electron chi connectivity index (χ4n) is 2.38. The highest BCUT2D eigenvalue weighted by Crippen LogP contribution is 2.23. The van der Waals surface area contributed by atoms with Crippen LogP contribution < -0.4 is 5.32 Å². The van der Waals surface area contributed by atoms with E-state index in [4.69, 9.17) is 4.42 Å². The predicted octanol–water partition coefficient (Wildman–Crippen LogP) is 2.31. The third kappa shape index (κ3) is 2.90. The highest BCUT2D eigenvalue weighted by Gasteiger charge is 2.11. The smallest absolute Gasteiger partial charge is 0.152 e. The summed E-state index contributed by atoms with van der Waals surface area (Å²) in [6.07, 6.45) is 3.87. The second-order valence-corrected chi connectivity index (χ2v) is 5.20. The van der Waals surface area contributed by atoms with Crippen LogP contribution in [0.5, 0.6) is 0 Å². The first-order valence-corrected chi connectivity index (χ1v) is 6.92. The van der Waals surface area contributed by atoms with Crippen LogP contribution in [0.1, 0.15) is 22.6 Å². The maximum absolute atomic E-state index is 5.64. The Morgan fingerprint density at radius 1 is 1.24 bits per heavy atom. The fraction of sp³-hybridized carbons (Fsp3) is 0.333. The van der Waals surface area contributed by atoms with Gasteiger partial charge in [0, 0.05) is 37.5 Å². The number of furan rings is 1. The van der Waals surface area contributed by atoms with Gasteiger partial charge in [-0.15, -0.1) is 0 Å². The Labute approximate surface area is 123 Å². The second-order valence-electron chi connectivity index (χ2n) is 5.20. The van der Waals surface area contributed by atoms with Crippen LogP contribution in [0.3, 0.4) is 0 Å². The van der Waals surface area contributed by atoms with Crippen LogP contribution in [0.25, 0.3) is 11.5 Å². The van der Waals surface area contributed by atoms with Crippen molar-refractivity contribution in [3.05, 3.63) is 47.1 Å². The maximum atomic E-state index is 5.64. The number of aryl methyl sites for hydroxylation is 3. The Hall–Kier alpha value is -2.34. The lowest BCUT2D eigenvalue weighted by molar-refractivity contribution is 0.545. The van der Waals surface area contributed by atoms with Crippen molar-refractivity contribution in [1.29, 1.82) is 0 Å². The molecule has 3 rings (SSSR count). The molecule has 0 amide bonds. The number of hydrogen-bond acceptors (Lipinski definition) is 4. The minimum atomic E-state index is 0.722. The summed E-state index contributed by atoms with van der Waals surface area (Å²) in [6, 6.07) is 3.91. The molecule has 0 aliphatic carbocycles. The van der Waals surface area contributed by atoms with Gasteiger partial charge in [0.25, 0.3) is 0 Å². The SMILES string of the molecule is Cc1ccc(-c2[nH]ncc2CNCc2cn(C)nc2C)o1. The molecule has 0 unspecified atom stereocenters. The molecule has 0 aromatic carbocycles. The van der Waals surface area contributed by atoms with Gasteiger partial charge in [0.2, 0.25) is 0 Å². The number of nitrogens with one attached hydrogen (secondary N) is 2. The molecule has 0 fully saturated rings. The zero-order chi connectivity index (χ0) is 14.8. The quantitative estimate of drug-likeness (QED) is 0.754. The van der Waals surface area contributed by atoms with Crippen LogP contribution in [-0.4, -0.2) is 20.0 Å². The summed E-state index contributed by atoms with van der Waals surface area (Å²) < 4.78 is 7.48. The van der Waals surface area contributed by atoms with Crippen molar-refractivity contribution >= 4 is 0 Å². The lowest BCUT2D eigenvalue weighted by Crippen LogP contribution is -2.13. The number of nitrogens with zero attached hydrogens (tertiary/aromatic N) is 3. The van der Waals surface area contributed by atoms with Gasteiger partial charge < -0.3 is 9.73 Å². The molecule has 0 atom stereocenters. The Morgan fingerprint density at radius 3 is 2.71 bits per heavy atom. The summed E-state index contributed by atoms with van der Waals surface area (Å²) in [7, 11) is 1.93. The van der Waals surface area contributed by atoms with Gasteiger partial charge in [0.15, 0.2) is 5.76 Å². The Balaban J connectivity index is 1.66. The van der Waals surface area contributed by atoms with Crippen LogP contribution in [0.4, 0.5) is 0 Å². The monoisotopic (exact) mass is 285 g/mol. The summed E-state index contributed by atoms with van der Waals surface area (Å²) in [5.74, 6) is 1.71. The molecule has 0 saturated carbocycles. The molecule has 0 aliphatic heterocycles. The van der Waals surface area contributed by atoms with E-state index in [0.717, 1.165) is 41.6 Å². The summed E-state index contributed by atoms with van der Waals surface area (Å²) in [6.45, 7) is 5.45. The molecule has 0 aliphatic rings. The molecule has 2 N–H and O–H groups in total. The van der Waals surface area contributed by atoms with Crippen molar-refractivity contribution in [1.82, 2.24) is 25.3 Å². The van der Waals surface area contributed by atoms with E-state index in [2.05, 4.69) is 20.6 Å². The Morgan fingerprint density at radius 2 is 2.05 bits per heavy atom. The normalized spacial score (nSPS) is 11.2. The lowest BCUT2D eigenvalue weighted by atomic mass is 10.2. The van der Waals surface area contributed by atoms with Gasteiger partial charge in [0.1, 0.15) is 11.5 Å². The molecule has 3 aromatic rings. The third-order valence-corrected chi connectivity index (χ3v) is 3.45. The Kier molecular flexibility index (Phi) is 3.62. The van der Waals surface area contributed by atoms with Crippen molar-refractivity contribution < 1.29 is 4.42 Å². The highest BCUT2D eigenvalue weighted by molar-refractivity contribution is 5.56. The fourth-order valence-corrected chi connectivity index (χ4v) is 2.38. The van der Waals surface area contributed by atoms with Gasteiger partial charge in [-0.1, -0.05) is 0 Å². The first kappa shape index (κ1) is 13.6. The van der Waals surface area contributed by atoms with Gasteiger partial charge in [-0.3, -0.25) is 9.78 Å². The van der Waals surface area contributed by atoms with Crippen LogP contribution in [0.15, 0.2) is 28.9 Å². The minimum absolute atomic E-state index is 0.722. The molecule has 3 heterocycles. The summed E-state index contributed by atoms with van der Waals surface area (Å²) in [5, 5.41) is 14.9. The first-order valence-electron chi connectivity index (χ1n) is 6.92. The zero-order valence-corrected chi connectivity index (χ0v) is 12.5. The molecule has 3 aromatic heterocycles. The van der Waals surface area contributed by atoms with E-state index in [1.165, 1.54) is 5.56 Å². The van der Waals surface area contributed by atoms with E-state index >= 15 is 0 Å². The number of H-pyrrole nitrogens is 1. The van der Waals surface area contributed by atoms with Gasteiger partial charge in [-0.25, -0.2) is 0 Å². The molecule has 0 bridgehead atoms. The lowest BCUT2D eigenvalue weighted by Gasteiger charge is -2.04. The van der Waals surface area contributed by atoms with Crippen molar-refractivity contribution in [3.63, 3.8) is 0 Å². The molecular formula is C15H19N5O. The number of aromatic amines is 1. The van der Waals surface area contributed by atoms with E-state index < -0.39 is 0 Å². The first-order chi connectivity index (χ1) is 10.1. The highest BCUT2D eigenvalue weighted by atomic mass is 16.3. The largest absolute Gasteiger partial charge is 0.460 e. The molecular weight excluding hydrogens is 266 g/mol. The Bertz CT molecular complexity index is 737. The van der Waals surface area contributed by atoms with E-state index in [0.29, 0.717) is 0 Å². The van der Waals surface area contributed by atoms with Crippen molar-refractivity contribution in [2.75, 3.05) is 0 Å². The number of aromatic nitrogens is 4. The van der Waals surface area contributed by atoms with Gasteiger partial charge in [-0.05, 0) is 26.0 Å². The van der Waals surface area contributed by atoms with Crippen LogP contribution in [0, 0.1) is 13.8 Å². The second kappa shape index (κ2) is 5.57. The summed E-state index contributed by atoms with van der Waals surface area (Å²) >= 11 is 0. The zero-order valence-electron chi connectivity index (χ0n) is 12.5. The van der Waals surface area contributed by atoms with E-state index in [-0.39, 0.29) is 0 Å². The van der Waals surface area contributed by atoms with Crippen LogP contribution in [-0.2, 0) is 20.1 Å². The predicted molar refractivity (Wildman–Crippen MR) is 79.5 cm³/mol. The van der Waals surface area contributed by atoms with Gasteiger partial charge in [-0.2, -0.15) is 10.2 Å². The van der Waals surface area contributed by atoms with Crippen LogP contribution in [0.2, 0.25) is 0 Å². The number of rotatable bonds is 5. The average molecular weight is 285 g/mol. The van der Waals surface area contributed by atoms with E-state index in [1.807, 2.05) is 50.1 Å².